The summed E-state index contributed by atoms with van der Waals surface area (Å²) in [4.78, 5) is 0. The Kier molecular flexibility index (Phi) is 3.42. The van der Waals surface area contributed by atoms with E-state index >= 15 is 0 Å². The minimum atomic E-state index is 1.17. The normalized spacial score (nSPS) is 14.3. The first-order valence-corrected chi connectivity index (χ1v) is 4.79. The lowest BCUT2D eigenvalue weighted by Crippen LogP contribution is -1.80. The molecule has 0 saturated carbocycles. The number of thioether (sulfide) groups is 1. The summed E-state index contributed by atoms with van der Waals surface area (Å²) >= 11 is 1.99. The Hall–Kier alpha value is -0.390. The van der Waals surface area contributed by atoms with Crippen LogP contribution in [0.4, 0.5) is 0 Å². The Morgan fingerprint density at radius 1 is 1.60 bits per heavy atom. The first kappa shape index (κ1) is 7.71. The van der Waals surface area contributed by atoms with Crippen molar-refractivity contribution < 1.29 is 0 Å². The van der Waals surface area contributed by atoms with E-state index in [1.54, 1.807) is 0 Å². The van der Waals surface area contributed by atoms with Gasteiger partial charge >= 0.3 is 0 Å². The maximum Gasteiger partial charge on any atom is -0.00210 e. The van der Waals surface area contributed by atoms with Crippen LogP contribution in [-0.2, 0) is 0 Å². The average Bonchev–Trinajstić information content (AvgIpc) is 2.41. The molecule has 1 aliphatic rings. The summed E-state index contributed by atoms with van der Waals surface area (Å²) in [7, 11) is 0. The highest BCUT2D eigenvalue weighted by Crippen LogP contribution is 2.11. The first-order chi connectivity index (χ1) is 4.93. The van der Waals surface area contributed by atoms with Gasteiger partial charge < -0.3 is 0 Å². The smallest absolute Gasteiger partial charge is 0.00210 e. The Morgan fingerprint density at radius 2 is 2.50 bits per heavy atom. The maximum absolute atomic E-state index is 3.18. The molecule has 0 amide bonds. The molecular formula is C9H12S. The molecule has 1 aliphatic carbocycles. The summed E-state index contributed by atoms with van der Waals surface area (Å²) in [5.41, 5.74) is 4.53. The van der Waals surface area contributed by atoms with Gasteiger partial charge in [0.25, 0.3) is 0 Å². The van der Waals surface area contributed by atoms with E-state index in [1.807, 2.05) is 23.9 Å². The van der Waals surface area contributed by atoms with Gasteiger partial charge in [0.2, 0.25) is 0 Å². The lowest BCUT2D eigenvalue weighted by Gasteiger charge is -1.95. The lowest BCUT2D eigenvalue weighted by atomic mass is 10.2. The first-order valence-electron chi connectivity index (χ1n) is 3.63. The van der Waals surface area contributed by atoms with E-state index in [1.165, 1.54) is 23.5 Å². The average molecular weight is 152 g/mol. The number of rotatable bonds is 4. The van der Waals surface area contributed by atoms with Crippen molar-refractivity contribution in [3.05, 3.63) is 29.5 Å². The molecule has 0 nitrogen and oxygen atoms in total. The third kappa shape index (κ3) is 2.47. The Bertz CT molecular complexity index is 183. The van der Waals surface area contributed by atoms with Gasteiger partial charge in [-0.1, -0.05) is 19.1 Å². The predicted molar refractivity (Wildman–Crippen MR) is 48.4 cm³/mol. The van der Waals surface area contributed by atoms with E-state index < -0.39 is 0 Å². The van der Waals surface area contributed by atoms with Crippen LogP contribution in [0.5, 0.6) is 0 Å². The summed E-state index contributed by atoms with van der Waals surface area (Å²) < 4.78 is 0. The summed E-state index contributed by atoms with van der Waals surface area (Å²) in [6.45, 7) is 2.19. The monoisotopic (exact) mass is 152 g/mol. The summed E-state index contributed by atoms with van der Waals surface area (Å²) in [6, 6.07) is 0. The van der Waals surface area contributed by atoms with Gasteiger partial charge in [-0.05, 0) is 29.6 Å². The Labute approximate surface area is 66.7 Å². The van der Waals surface area contributed by atoms with Gasteiger partial charge in [0.15, 0.2) is 0 Å². The molecule has 0 fully saturated rings. The quantitative estimate of drug-likeness (QED) is 0.441. The minimum Gasteiger partial charge on any atom is -0.162 e. The number of hydrogen-bond donors (Lipinski definition) is 0. The van der Waals surface area contributed by atoms with Crippen molar-refractivity contribution in [3.8, 4) is 0 Å². The van der Waals surface area contributed by atoms with Crippen molar-refractivity contribution in [1.29, 1.82) is 0 Å². The van der Waals surface area contributed by atoms with Crippen molar-refractivity contribution in [3.63, 3.8) is 0 Å². The molecule has 54 valence electrons. The van der Waals surface area contributed by atoms with Crippen LogP contribution >= 0.6 is 11.8 Å². The molecule has 0 bridgehead atoms. The van der Waals surface area contributed by atoms with E-state index in [4.69, 9.17) is 0 Å². The van der Waals surface area contributed by atoms with Crippen LogP contribution in [0, 0.1) is 0 Å². The van der Waals surface area contributed by atoms with Crippen molar-refractivity contribution in [2.75, 3.05) is 11.5 Å². The van der Waals surface area contributed by atoms with Crippen molar-refractivity contribution in [2.45, 2.75) is 13.3 Å². The molecule has 0 radical (unpaired) electrons. The molecule has 0 N–H and O–H groups in total. The zero-order valence-electron chi connectivity index (χ0n) is 6.26. The molecule has 0 saturated heterocycles. The summed E-state index contributed by atoms with van der Waals surface area (Å²) in [5, 5.41) is 0. The van der Waals surface area contributed by atoms with Gasteiger partial charge in [-0.25, -0.2) is 0 Å². The van der Waals surface area contributed by atoms with E-state index in [-0.39, 0.29) is 0 Å². The third-order valence-corrected chi connectivity index (χ3v) is 2.28. The largest absolute Gasteiger partial charge is 0.162 e. The van der Waals surface area contributed by atoms with E-state index in [0.717, 1.165) is 0 Å². The molecule has 1 rings (SSSR count). The summed E-state index contributed by atoms with van der Waals surface area (Å²) in [6.07, 6.45) is 7.33. The van der Waals surface area contributed by atoms with Gasteiger partial charge in [-0.15, -0.1) is 5.73 Å². The van der Waals surface area contributed by atoms with Crippen LogP contribution < -0.4 is 0 Å². The topological polar surface area (TPSA) is 0 Å². The third-order valence-electron chi connectivity index (χ3n) is 1.38. The Balaban J connectivity index is 2.15. The van der Waals surface area contributed by atoms with Crippen LogP contribution in [0.25, 0.3) is 0 Å². The second-order valence-electron chi connectivity index (χ2n) is 2.14. The lowest BCUT2D eigenvalue weighted by molar-refractivity contribution is 1.18. The molecule has 0 aromatic heterocycles. The molecule has 0 aliphatic heterocycles. The summed E-state index contributed by atoms with van der Waals surface area (Å²) in [5.74, 6) is 2.46. The number of allylic oxidation sites excluding steroid dienone is 3. The van der Waals surface area contributed by atoms with Crippen molar-refractivity contribution >= 4 is 11.8 Å². The van der Waals surface area contributed by atoms with E-state index in [9.17, 15) is 0 Å². The van der Waals surface area contributed by atoms with Crippen molar-refractivity contribution in [2.24, 2.45) is 0 Å². The SMILES string of the molecule is CCSCCC1=C=CC=C1. The molecule has 0 unspecified atom stereocenters. The van der Waals surface area contributed by atoms with Gasteiger partial charge in [0.1, 0.15) is 0 Å². The fourth-order valence-electron chi connectivity index (χ4n) is 0.849. The number of hydrogen-bond acceptors (Lipinski definition) is 1. The highest BCUT2D eigenvalue weighted by atomic mass is 32.2. The fourth-order valence-corrected chi connectivity index (χ4v) is 1.50. The molecule has 0 aromatic carbocycles. The zero-order valence-corrected chi connectivity index (χ0v) is 7.08. The standard InChI is InChI=1S/C9H12S/c1-2-10-8-7-9-5-3-4-6-9/h3-5H,2,7-8H2,1H3. The van der Waals surface area contributed by atoms with Gasteiger partial charge in [0, 0.05) is 0 Å². The van der Waals surface area contributed by atoms with Crippen LogP contribution in [0.1, 0.15) is 13.3 Å². The van der Waals surface area contributed by atoms with E-state index in [2.05, 4.69) is 18.7 Å². The van der Waals surface area contributed by atoms with Gasteiger partial charge in [0.05, 0.1) is 0 Å². The van der Waals surface area contributed by atoms with E-state index in [0.29, 0.717) is 0 Å². The van der Waals surface area contributed by atoms with Gasteiger partial charge in [-0.3, -0.25) is 0 Å². The molecule has 0 heterocycles. The molecule has 1 heteroatoms. The molecule has 0 spiro atoms. The van der Waals surface area contributed by atoms with Crippen LogP contribution in [0.2, 0.25) is 0 Å². The second kappa shape index (κ2) is 4.43. The molecular weight excluding hydrogens is 140 g/mol. The molecule has 0 atom stereocenters. The predicted octanol–water partition coefficient (Wildman–Crippen LogP) is 2.78. The second-order valence-corrected chi connectivity index (χ2v) is 3.54. The Morgan fingerprint density at radius 3 is 3.10 bits per heavy atom. The maximum atomic E-state index is 3.18. The molecule has 10 heavy (non-hydrogen) atoms. The van der Waals surface area contributed by atoms with Crippen molar-refractivity contribution in [1.82, 2.24) is 0 Å². The van der Waals surface area contributed by atoms with Crippen LogP contribution in [-0.4, -0.2) is 11.5 Å². The van der Waals surface area contributed by atoms with Gasteiger partial charge in [-0.2, -0.15) is 11.8 Å². The zero-order chi connectivity index (χ0) is 7.23. The van der Waals surface area contributed by atoms with Crippen LogP contribution in [0.3, 0.4) is 0 Å². The fraction of sp³-hybridized carbons (Fsp3) is 0.444. The highest BCUT2D eigenvalue weighted by Gasteiger charge is 1.93. The minimum absolute atomic E-state index is 1.17. The van der Waals surface area contributed by atoms with Crippen LogP contribution in [0.15, 0.2) is 29.5 Å². The molecule has 0 aromatic rings. The highest BCUT2D eigenvalue weighted by molar-refractivity contribution is 7.99.